The van der Waals surface area contributed by atoms with Crippen molar-refractivity contribution in [1.29, 1.82) is 0 Å². The standard InChI is InChI=1S/C7H9NO/c1-2-6-5-8-4-3-7(6)9/h3-6H,2H2,1H3. The number of hydrogen-bond acceptors (Lipinski definition) is 2. The van der Waals surface area contributed by atoms with Gasteiger partial charge in [-0.1, -0.05) is 6.92 Å². The normalized spacial score (nSPS) is 25.0. The van der Waals surface area contributed by atoms with E-state index in [-0.39, 0.29) is 11.7 Å². The summed E-state index contributed by atoms with van der Waals surface area (Å²) in [5, 5.41) is 0. The van der Waals surface area contributed by atoms with Crippen LogP contribution < -0.4 is 0 Å². The van der Waals surface area contributed by atoms with Crippen LogP contribution in [0.2, 0.25) is 0 Å². The van der Waals surface area contributed by atoms with Gasteiger partial charge >= 0.3 is 0 Å². The Morgan fingerprint density at radius 3 is 3.00 bits per heavy atom. The molecule has 0 fully saturated rings. The molecule has 1 aliphatic rings. The molecule has 1 atom stereocenters. The van der Waals surface area contributed by atoms with Crippen molar-refractivity contribution in [3.8, 4) is 0 Å². The largest absolute Gasteiger partial charge is 0.294 e. The molecule has 0 aromatic carbocycles. The summed E-state index contributed by atoms with van der Waals surface area (Å²) in [7, 11) is 0. The van der Waals surface area contributed by atoms with Gasteiger partial charge in [0.1, 0.15) is 0 Å². The molecule has 0 N–H and O–H groups in total. The summed E-state index contributed by atoms with van der Waals surface area (Å²) in [6, 6.07) is 0. The second-order valence-corrected chi connectivity index (χ2v) is 2.03. The first-order valence-electron chi connectivity index (χ1n) is 3.08. The molecule has 2 nitrogen and oxygen atoms in total. The molecule has 0 aromatic heterocycles. The van der Waals surface area contributed by atoms with Crippen LogP contribution >= 0.6 is 0 Å². The first kappa shape index (κ1) is 6.20. The average molecular weight is 123 g/mol. The third kappa shape index (κ3) is 1.25. The second kappa shape index (κ2) is 2.58. The Kier molecular flexibility index (Phi) is 1.78. The maximum Gasteiger partial charge on any atom is 0.165 e. The molecule has 1 heterocycles. The summed E-state index contributed by atoms with van der Waals surface area (Å²) < 4.78 is 0. The molecule has 0 bridgehead atoms. The van der Waals surface area contributed by atoms with Crippen LogP contribution in [0.3, 0.4) is 0 Å². The number of rotatable bonds is 1. The van der Waals surface area contributed by atoms with Crippen LogP contribution in [0, 0.1) is 5.92 Å². The molecule has 9 heavy (non-hydrogen) atoms. The first-order chi connectivity index (χ1) is 4.34. The third-order valence-corrected chi connectivity index (χ3v) is 1.40. The minimum atomic E-state index is 0.0370. The van der Waals surface area contributed by atoms with E-state index in [0.29, 0.717) is 0 Å². The number of ketones is 1. The van der Waals surface area contributed by atoms with Gasteiger partial charge < -0.3 is 0 Å². The van der Waals surface area contributed by atoms with Crippen molar-refractivity contribution in [3.05, 3.63) is 12.3 Å². The molecule has 0 saturated heterocycles. The predicted molar refractivity (Wildman–Crippen MR) is 36.4 cm³/mol. The topological polar surface area (TPSA) is 29.4 Å². The van der Waals surface area contributed by atoms with E-state index in [4.69, 9.17) is 0 Å². The summed E-state index contributed by atoms with van der Waals surface area (Å²) in [6.45, 7) is 1.98. The van der Waals surface area contributed by atoms with Gasteiger partial charge in [0.25, 0.3) is 0 Å². The van der Waals surface area contributed by atoms with Crippen molar-refractivity contribution in [2.75, 3.05) is 0 Å². The zero-order valence-corrected chi connectivity index (χ0v) is 5.37. The van der Waals surface area contributed by atoms with Crippen molar-refractivity contribution < 1.29 is 4.79 Å². The van der Waals surface area contributed by atoms with Gasteiger partial charge in [-0.2, -0.15) is 0 Å². The highest BCUT2D eigenvalue weighted by Gasteiger charge is 2.11. The molecular formula is C7H9NO. The monoisotopic (exact) mass is 123 g/mol. The van der Waals surface area contributed by atoms with E-state index >= 15 is 0 Å². The number of allylic oxidation sites excluding steroid dienone is 1. The molecule has 0 spiro atoms. The van der Waals surface area contributed by atoms with E-state index in [1.54, 1.807) is 6.21 Å². The highest BCUT2D eigenvalue weighted by Crippen LogP contribution is 2.05. The Hall–Kier alpha value is -0.920. The first-order valence-corrected chi connectivity index (χ1v) is 3.08. The zero-order valence-electron chi connectivity index (χ0n) is 5.37. The molecule has 0 saturated carbocycles. The fourth-order valence-electron chi connectivity index (χ4n) is 0.774. The van der Waals surface area contributed by atoms with Gasteiger partial charge in [0.2, 0.25) is 0 Å². The number of hydrogen-bond donors (Lipinski definition) is 0. The predicted octanol–water partition coefficient (Wildman–Crippen LogP) is 1.18. The van der Waals surface area contributed by atoms with E-state index in [2.05, 4.69) is 4.99 Å². The number of aliphatic imine (C=N–C) groups is 1. The molecule has 1 aliphatic heterocycles. The Balaban J connectivity index is 2.66. The van der Waals surface area contributed by atoms with E-state index in [9.17, 15) is 4.79 Å². The minimum absolute atomic E-state index is 0.0370. The van der Waals surface area contributed by atoms with E-state index in [1.807, 2.05) is 6.92 Å². The van der Waals surface area contributed by atoms with Crippen molar-refractivity contribution >= 4 is 12.0 Å². The van der Waals surface area contributed by atoms with Crippen molar-refractivity contribution in [2.45, 2.75) is 13.3 Å². The number of carbonyl (C=O) groups excluding carboxylic acids is 1. The molecular weight excluding hydrogens is 114 g/mol. The van der Waals surface area contributed by atoms with Crippen LogP contribution in [0.15, 0.2) is 17.3 Å². The summed E-state index contributed by atoms with van der Waals surface area (Å²) in [5.41, 5.74) is 0. The van der Waals surface area contributed by atoms with Gasteiger partial charge in [-0.15, -0.1) is 0 Å². The van der Waals surface area contributed by atoms with Gasteiger partial charge in [-0.3, -0.25) is 9.79 Å². The summed E-state index contributed by atoms with van der Waals surface area (Å²) in [6.07, 6.45) is 5.61. The lowest BCUT2D eigenvalue weighted by Gasteiger charge is -2.05. The molecule has 0 aliphatic carbocycles. The Bertz CT molecular complexity index is 170. The molecule has 0 amide bonds. The summed E-state index contributed by atoms with van der Waals surface area (Å²) in [4.78, 5) is 14.7. The van der Waals surface area contributed by atoms with Crippen LogP contribution in [-0.4, -0.2) is 12.0 Å². The van der Waals surface area contributed by atoms with Gasteiger partial charge in [-0.05, 0) is 6.42 Å². The lowest BCUT2D eigenvalue weighted by Crippen LogP contribution is -2.14. The Morgan fingerprint density at radius 1 is 1.78 bits per heavy atom. The van der Waals surface area contributed by atoms with Gasteiger partial charge in [0.15, 0.2) is 5.78 Å². The van der Waals surface area contributed by atoms with Crippen LogP contribution in [0.5, 0.6) is 0 Å². The lowest BCUT2D eigenvalue weighted by atomic mass is 10.0. The molecule has 1 unspecified atom stereocenters. The zero-order chi connectivity index (χ0) is 6.69. The molecule has 0 radical (unpaired) electrons. The van der Waals surface area contributed by atoms with Crippen molar-refractivity contribution in [1.82, 2.24) is 0 Å². The maximum absolute atomic E-state index is 10.8. The summed E-state index contributed by atoms with van der Waals surface area (Å²) in [5.74, 6) is 0.211. The maximum atomic E-state index is 10.8. The van der Waals surface area contributed by atoms with E-state index in [1.165, 1.54) is 12.3 Å². The molecule has 0 aromatic rings. The Morgan fingerprint density at radius 2 is 2.56 bits per heavy atom. The smallest absolute Gasteiger partial charge is 0.165 e. The highest BCUT2D eigenvalue weighted by molar-refractivity contribution is 6.03. The molecule has 48 valence electrons. The van der Waals surface area contributed by atoms with Crippen LogP contribution in [0.4, 0.5) is 0 Å². The molecule has 2 heteroatoms. The van der Waals surface area contributed by atoms with Crippen molar-refractivity contribution in [3.63, 3.8) is 0 Å². The third-order valence-electron chi connectivity index (χ3n) is 1.40. The van der Waals surface area contributed by atoms with E-state index < -0.39 is 0 Å². The highest BCUT2D eigenvalue weighted by atomic mass is 16.1. The fourth-order valence-corrected chi connectivity index (χ4v) is 0.774. The second-order valence-electron chi connectivity index (χ2n) is 2.03. The quantitative estimate of drug-likeness (QED) is 0.514. The van der Waals surface area contributed by atoms with Crippen LogP contribution in [0.1, 0.15) is 13.3 Å². The summed E-state index contributed by atoms with van der Waals surface area (Å²) >= 11 is 0. The van der Waals surface area contributed by atoms with Crippen LogP contribution in [0.25, 0.3) is 0 Å². The lowest BCUT2D eigenvalue weighted by molar-refractivity contribution is -0.116. The Labute approximate surface area is 54.3 Å². The van der Waals surface area contributed by atoms with Crippen molar-refractivity contribution in [2.24, 2.45) is 10.9 Å². The van der Waals surface area contributed by atoms with E-state index in [0.717, 1.165) is 6.42 Å². The van der Waals surface area contributed by atoms with Gasteiger partial charge in [0, 0.05) is 18.5 Å². The fraction of sp³-hybridized carbons (Fsp3) is 0.429. The van der Waals surface area contributed by atoms with Gasteiger partial charge in [-0.25, -0.2) is 0 Å². The SMILES string of the molecule is CCC1C=NC=CC1=O. The minimum Gasteiger partial charge on any atom is -0.294 e. The average Bonchev–Trinajstić information content (AvgIpc) is 1.89. The van der Waals surface area contributed by atoms with Crippen LogP contribution in [-0.2, 0) is 4.79 Å². The number of nitrogens with zero attached hydrogens (tertiary/aromatic N) is 1. The van der Waals surface area contributed by atoms with Gasteiger partial charge in [0.05, 0.1) is 5.92 Å². The molecule has 1 rings (SSSR count). The number of carbonyl (C=O) groups is 1.